The molecule has 0 radical (unpaired) electrons. The van der Waals surface area contributed by atoms with E-state index in [0.29, 0.717) is 15.6 Å². The van der Waals surface area contributed by atoms with Crippen molar-refractivity contribution < 1.29 is 14.6 Å². The fraction of sp³-hybridized carbons (Fsp3) is 0.214. The Morgan fingerprint density at radius 3 is 2.75 bits per heavy atom. The Balaban J connectivity index is 2.02. The summed E-state index contributed by atoms with van der Waals surface area (Å²) in [4.78, 5) is 26.8. The molecule has 1 heterocycles. The molecule has 0 N–H and O–H groups in total. The third-order valence-corrected chi connectivity index (χ3v) is 3.68. The standard InChI is InChI=1S/C14H12Cl2N4O4/c1-8-14(20(22)23)9(2)19(18-8)7-13(21)24-17-6-10-3-4-11(15)5-12(10)16/h3-6H,7H2,1-2H3/b17-6-. The van der Waals surface area contributed by atoms with Gasteiger partial charge in [0.1, 0.15) is 17.9 Å². The largest absolute Gasteiger partial charge is 0.356 e. The summed E-state index contributed by atoms with van der Waals surface area (Å²) < 4.78 is 1.20. The van der Waals surface area contributed by atoms with Crippen molar-refractivity contribution in [2.24, 2.45) is 5.16 Å². The minimum atomic E-state index is -0.725. The number of aromatic nitrogens is 2. The van der Waals surface area contributed by atoms with Gasteiger partial charge in [-0.05, 0) is 26.0 Å². The lowest BCUT2D eigenvalue weighted by molar-refractivity contribution is -0.386. The molecule has 0 atom stereocenters. The van der Waals surface area contributed by atoms with Gasteiger partial charge in [0.15, 0.2) is 0 Å². The summed E-state index contributed by atoms with van der Waals surface area (Å²) in [7, 11) is 0. The Hall–Kier alpha value is -2.45. The van der Waals surface area contributed by atoms with E-state index in [-0.39, 0.29) is 23.6 Å². The number of hydrogen-bond acceptors (Lipinski definition) is 6. The molecule has 24 heavy (non-hydrogen) atoms. The Morgan fingerprint density at radius 1 is 1.46 bits per heavy atom. The number of aryl methyl sites for hydroxylation is 1. The average Bonchev–Trinajstić information content (AvgIpc) is 2.75. The molecule has 0 bridgehead atoms. The fourth-order valence-electron chi connectivity index (χ4n) is 2.00. The Kier molecular flexibility index (Phi) is 5.53. The number of carbonyl (C=O) groups is 1. The molecule has 0 spiro atoms. The summed E-state index contributed by atoms with van der Waals surface area (Å²) in [6.07, 6.45) is 1.26. The second-order valence-corrected chi connectivity index (χ2v) is 5.64. The van der Waals surface area contributed by atoms with Gasteiger partial charge in [0.2, 0.25) is 0 Å². The van der Waals surface area contributed by atoms with Gasteiger partial charge >= 0.3 is 11.7 Å². The van der Waals surface area contributed by atoms with Gasteiger partial charge in [-0.15, -0.1) is 0 Å². The Bertz CT molecular complexity index is 832. The van der Waals surface area contributed by atoms with E-state index >= 15 is 0 Å². The number of rotatable bonds is 5. The van der Waals surface area contributed by atoms with Crippen molar-refractivity contribution in [3.8, 4) is 0 Å². The molecule has 10 heteroatoms. The molecule has 2 rings (SSSR count). The number of oxime groups is 1. The molecule has 0 unspecified atom stereocenters. The van der Waals surface area contributed by atoms with Crippen LogP contribution >= 0.6 is 23.2 Å². The molecule has 8 nitrogen and oxygen atoms in total. The van der Waals surface area contributed by atoms with Crippen LogP contribution in [-0.2, 0) is 16.2 Å². The van der Waals surface area contributed by atoms with E-state index in [9.17, 15) is 14.9 Å². The molecule has 0 saturated carbocycles. The molecule has 0 amide bonds. The molecule has 0 aliphatic heterocycles. The minimum absolute atomic E-state index is 0.126. The minimum Gasteiger partial charge on any atom is -0.316 e. The van der Waals surface area contributed by atoms with Crippen LogP contribution < -0.4 is 0 Å². The monoisotopic (exact) mass is 370 g/mol. The van der Waals surface area contributed by atoms with Gasteiger partial charge in [0.25, 0.3) is 0 Å². The lowest BCUT2D eigenvalue weighted by Crippen LogP contribution is -2.14. The van der Waals surface area contributed by atoms with Crippen molar-refractivity contribution in [1.29, 1.82) is 0 Å². The zero-order chi connectivity index (χ0) is 17.9. The number of hydrogen-bond donors (Lipinski definition) is 0. The molecule has 0 aliphatic rings. The summed E-state index contributed by atoms with van der Waals surface area (Å²) >= 11 is 11.7. The number of nitro groups is 1. The molecule has 1 aromatic heterocycles. The van der Waals surface area contributed by atoms with E-state index in [1.807, 2.05) is 0 Å². The lowest BCUT2D eigenvalue weighted by atomic mass is 10.2. The first-order valence-electron chi connectivity index (χ1n) is 6.66. The smallest absolute Gasteiger partial charge is 0.316 e. The second-order valence-electron chi connectivity index (χ2n) is 4.80. The highest BCUT2D eigenvalue weighted by Crippen LogP contribution is 2.22. The summed E-state index contributed by atoms with van der Waals surface area (Å²) in [5, 5.41) is 19.2. The van der Waals surface area contributed by atoms with Crippen LogP contribution in [0.15, 0.2) is 23.4 Å². The van der Waals surface area contributed by atoms with E-state index in [1.54, 1.807) is 12.1 Å². The normalized spacial score (nSPS) is 11.0. The van der Waals surface area contributed by atoms with Gasteiger partial charge in [-0.2, -0.15) is 5.10 Å². The van der Waals surface area contributed by atoms with Gasteiger partial charge < -0.3 is 4.84 Å². The van der Waals surface area contributed by atoms with Crippen molar-refractivity contribution in [3.05, 3.63) is 55.3 Å². The molecule has 1 aromatic carbocycles. The highest BCUT2D eigenvalue weighted by atomic mass is 35.5. The van der Waals surface area contributed by atoms with E-state index in [1.165, 1.54) is 30.8 Å². The first kappa shape index (κ1) is 17.9. The topological polar surface area (TPSA) is 99.6 Å². The van der Waals surface area contributed by atoms with E-state index in [0.717, 1.165) is 0 Å². The first-order valence-corrected chi connectivity index (χ1v) is 7.42. The van der Waals surface area contributed by atoms with E-state index < -0.39 is 10.9 Å². The predicted octanol–water partition coefficient (Wildman–Crippen LogP) is 3.29. The molecule has 126 valence electrons. The van der Waals surface area contributed by atoms with E-state index in [2.05, 4.69) is 10.3 Å². The van der Waals surface area contributed by atoms with Crippen LogP contribution in [0.5, 0.6) is 0 Å². The summed E-state index contributed by atoms with van der Waals surface area (Å²) in [5.74, 6) is -0.725. The lowest BCUT2D eigenvalue weighted by Gasteiger charge is -2.01. The highest BCUT2D eigenvalue weighted by molar-refractivity contribution is 6.36. The summed E-state index contributed by atoms with van der Waals surface area (Å²) in [6.45, 7) is 2.70. The maximum absolute atomic E-state index is 11.8. The number of nitrogens with zero attached hydrogens (tertiary/aromatic N) is 4. The zero-order valence-corrected chi connectivity index (χ0v) is 14.2. The molecule has 0 aliphatic carbocycles. The first-order chi connectivity index (χ1) is 11.3. The van der Waals surface area contributed by atoms with Crippen LogP contribution in [0.2, 0.25) is 10.0 Å². The highest BCUT2D eigenvalue weighted by Gasteiger charge is 2.23. The molecular weight excluding hydrogens is 359 g/mol. The van der Waals surface area contributed by atoms with Gasteiger partial charge in [-0.3, -0.25) is 14.8 Å². The Morgan fingerprint density at radius 2 is 2.17 bits per heavy atom. The van der Waals surface area contributed by atoms with Gasteiger partial charge in [-0.1, -0.05) is 34.4 Å². The van der Waals surface area contributed by atoms with Crippen LogP contribution in [0.1, 0.15) is 17.0 Å². The number of halogens is 2. The predicted molar refractivity (Wildman–Crippen MR) is 88.5 cm³/mol. The quantitative estimate of drug-likeness (QED) is 0.348. The molecule has 2 aromatic rings. The van der Waals surface area contributed by atoms with Crippen LogP contribution in [0.25, 0.3) is 0 Å². The fourth-order valence-corrected chi connectivity index (χ4v) is 2.46. The molecule has 0 fully saturated rings. The van der Waals surface area contributed by atoms with Crippen LogP contribution in [0.4, 0.5) is 5.69 Å². The Labute approximate surface area is 146 Å². The third-order valence-electron chi connectivity index (χ3n) is 3.11. The van der Waals surface area contributed by atoms with Crippen molar-refractivity contribution >= 4 is 41.1 Å². The maximum atomic E-state index is 11.8. The zero-order valence-electron chi connectivity index (χ0n) is 12.7. The number of carbonyl (C=O) groups excluding carboxylic acids is 1. The summed E-state index contributed by atoms with van der Waals surface area (Å²) in [6, 6.07) is 4.76. The van der Waals surface area contributed by atoms with Crippen LogP contribution in [0.3, 0.4) is 0 Å². The van der Waals surface area contributed by atoms with Gasteiger partial charge in [-0.25, -0.2) is 4.79 Å². The number of benzene rings is 1. The van der Waals surface area contributed by atoms with Crippen LogP contribution in [0, 0.1) is 24.0 Å². The van der Waals surface area contributed by atoms with Crippen molar-refractivity contribution in [3.63, 3.8) is 0 Å². The van der Waals surface area contributed by atoms with Crippen molar-refractivity contribution in [2.75, 3.05) is 0 Å². The average molecular weight is 371 g/mol. The third kappa shape index (κ3) is 4.09. The maximum Gasteiger partial charge on any atom is 0.356 e. The van der Waals surface area contributed by atoms with Crippen molar-refractivity contribution in [2.45, 2.75) is 20.4 Å². The SMILES string of the molecule is Cc1nn(CC(=O)O/N=C\c2ccc(Cl)cc2Cl)c(C)c1[N+](=O)[O-]. The van der Waals surface area contributed by atoms with Gasteiger partial charge in [0.05, 0.1) is 16.2 Å². The second kappa shape index (κ2) is 7.41. The van der Waals surface area contributed by atoms with Crippen molar-refractivity contribution in [1.82, 2.24) is 9.78 Å². The summed E-state index contributed by atoms with van der Waals surface area (Å²) in [5.41, 5.74) is 0.885. The molecular formula is C14H12Cl2N4O4. The molecule has 0 saturated heterocycles. The van der Waals surface area contributed by atoms with E-state index in [4.69, 9.17) is 28.0 Å². The van der Waals surface area contributed by atoms with Crippen LogP contribution in [-0.4, -0.2) is 26.9 Å². The van der Waals surface area contributed by atoms with Gasteiger partial charge in [0, 0.05) is 10.6 Å².